The highest BCUT2D eigenvalue weighted by atomic mass is 35.5. The molecule has 3 rings (SSSR count). The average molecular weight is 339 g/mol. The molecule has 0 aliphatic carbocycles. The normalized spacial score (nSPS) is 23.1. The van der Waals surface area contributed by atoms with E-state index >= 15 is 0 Å². The van der Waals surface area contributed by atoms with E-state index in [1.54, 1.807) is 41.3 Å². The topological polar surface area (TPSA) is 83.6 Å². The monoisotopic (exact) mass is 338 g/mol. The summed E-state index contributed by atoms with van der Waals surface area (Å²) in [5.41, 5.74) is 0. The Kier molecular flexibility index (Phi) is 5.12. The molecule has 0 radical (unpaired) electrons. The number of rotatable bonds is 6. The van der Waals surface area contributed by atoms with Crippen LogP contribution in [-0.2, 0) is 0 Å². The van der Waals surface area contributed by atoms with Gasteiger partial charge in [0.15, 0.2) is 0 Å². The Hall–Kier alpha value is -1.67. The van der Waals surface area contributed by atoms with Crippen LogP contribution in [0.2, 0.25) is 5.02 Å². The molecule has 1 aliphatic heterocycles. The molecule has 7 nitrogen and oxygen atoms in total. The molecule has 1 aliphatic rings. The van der Waals surface area contributed by atoms with Gasteiger partial charge in [0.05, 0.1) is 18.3 Å². The van der Waals surface area contributed by atoms with Gasteiger partial charge in [-0.15, -0.1) is 5.10 Å². The van der Waals surface area contributed by atoms with Gasteiger partial charge in [0.2, 0.25) is 0 Å². The van der Waals surface area contributed by atoms with E-state index in [2.05, 4.69) is 10.3 Å². The molecule has 8 heteroatoms. The Morgan fingerprint density at radius 2 is 2.09 bits per heavy atom. The number of halogens is 1. The third-order valence-corrected chi connectivity index (χ3v) is 4.09. The number of aromatic nitrogens is 3. The predicted molar refractivity (Wildman–Crippen MR) is 84.5 cm³/mol. The molecule has 23 heavy (non-hydrogen) atoms. The van der Waals surface area contributed by atoms with Gasteiger partial charge in [0.1, 0.15) is 18.5 Å². The van der Waals surface area contributed by atoms with Crippen molar-refractivity contribution in [3.05, 3.63) is 41.7 Å². The van der Waals surface area contributed by atoms with Crippen LogP contribution in [0.3, 0.4) is 0 Å². The number of hydrogen-bond acceptors (Lipinski definition) is 6. The van der Waals surface area contributed by atoms with Gasteiger partial charge in [0, 0.05) is 30.9 Å². The first-order valence-electron chi connectivity index (χ1n) is 7.44. The van der Waals surface area contributed by atoms with Crippen molar-refractivity contribution >= 4 is 11.6 Å². The van der Waals surface area contributed by atoms with Gasteiger partial charge in [-0.25, -0.2) is 4.68 Å². The van der Waals surface area contributed by atoms with Gasteiger partial charge < -0.3 is 14.9 Å². The second kappa shape index (κ2) is 7.27. The number of benzene rings is 1. The molecule has 2 aromatic rings. The molecule has 124 valence electrons. The van der Waals surface area contributed by atoms with Crippen molar-refractivity contribution in [2.24, 2.45) is 0 Å². The van der Waals surface area contributed by atoms with Crippen molar-refractivity contribution in [1.82, 2.24) is 19.9 Å². The largest absolute Gasteiger partial charge is 0.491 e. The fourth-order valence-electron chi connectivity index (χ4n) is 2.72. The predicted octanol–water partition coefficient (Wildman–Crippen LogP) is 0.589. The second-order valence-corrected chi connectivity index (χ2v) is 6.09. The molecule has 1 aromatic carbocycles. The summed E-state index contributed by atoms with van der Waals surface area (Å²) in [6.45, 7) is 1.71. The van der Waals surface area contributed by atoms with Gasteiger partial charge >= 0.3 is 0 Å². The zero-order valence-electron chi connectivity index (χ0n) is 12.5. The molecule has 2 N–H and O–H groups in total. The molecule has 3 atom stereocenters. The molecule has 1 aromatic heterocycles. The molecule has 0 spiro atoms. The van der Waals surface area contributed by atoms with Gasteiger partial charge in [-0.3, -0.25) is 4.90 Å². The second-order valence-electron chi connectivity index (χ2n) is 5.66. The lowest BCUT2D eigenvalue weighted by molar-refractivity contribution is 0.0707. The third kappa shape index (κ3) is 4.20. The van der Waals surface area contributed by atoms with Crippen LogP contribution >= 0.6 is 11.6 Å². The van der Waals surface area contributed by atoms with Crippen molar-refractivity contribution in [3.63, 3.8) is 0 Å². The van der Waals surface area contributed by atoms with Crippen LogP contribution in [0, 0.1) is 0 Å². The van der Waals surface area contributed by atoms with Crippen LogP contribution in [0.15, 0.2) is 36.7 Å². The van der Waals surface area contributed by atoms with E-state index in [0.717, 1.165) is 0 Å². The van der Waals surface area contributed by atoms with E-state index in [4.69, 9.17) is 16.3 Å². The summed E-state index contributed by atoms with van der Waals surface area (Å²) in [6, 6.07) is 6.86. The molecule has 0 bridgehead atoms. The minimum atomic E-state index is -0.646. The first kappa shape index (κ1) is 16.2. The smallest absolute Gasteiger partial charge is 0.119 e. The minimum absolute atomic E-state index is 0.137. The summed E-state index contributed by atoms with van der Waals surface area (Å²) in [4.78, 5) is 1.99. The number of aliphatic hydroxyl groups is 2. The van der Waals surface area contributed by atoms with Gasteiger partial charge in [-0.05, 0) is 24.3 Å². The molecule has 2 heterocycles. The number of β-amino-alcohol motifs (C(OH)–C–C–N with tert-alkyl or cyclic N) is 2. The van der Waals surface area contributed by atoms with E-state index < -0.39 is 12.2 Å². The van der Waals surface area contributed by atoms with Gasteiger partial charge in [0.25, 0.3) is 0 Å². The van der Waals surface area contributed by atoms with Gasteiger partial charge in [-0.2, -0.15) is 0 Å². The van der Waals surface area contributed by atoms with E-state index in [-0.39, 0.29) is 12.6 Å². The summed E-state index contributed by atoms with van der Waals surface area (Å²) < 4.78 is 7.19. The van der Waals surface area contributed by atoms with E-state index in [0.29, 0.717) is 30.4 Å². The van der Waals surface area contributed by atoms with Crippen LogP contribution in [0.25, 0.3) is 0 Å². The summed E-state index contributed by atoms with van der Waals surface area (Å²) >= 11 is 5.81. The number of ether oxygens (including phenoxy) is 1. The Morgan fingerprint density at radius 3 is 2.78 bits per heavy atom. The summed E-state index contributed by atoms with van der Waals surface area (Å²) in [5, 5.41) is 28.6. The lowest BCUT2D eigenvalue weighted by atomic mass is 10.2. The minimum Gasteiger partial charge on any atom is -0.491 e. The Morgan fingerprint density at radius 1 is 1.30 bits per heavy atom. The highest BCUT2D eigenvalue weighted by molar-refractivity contribution is 6.30. The van der Waals surface area contributed by atoms with Crippen LogP contribution in [0.1, 0.15) is 6.04 Å². The number of hydrogen-bond donors (Lipinski definition) is 2. The number of nitrogens with zero attached hydrogens (tertiary/aromatic N) is 4. The molecular formula is C15H19ClN4O3. The maximum absolute atomic E-state index is 10.1. The summed E-state index contributed by atoms with van der Waals surface area (Å²) in [6.07, 6.45) is 2.15. The van der Waals surface area contributed by atoms with Crippen molar-refractivity contribution in [3.8, 4) is 5.75 Å². The molecule has 1 saturated heterocycles. The van der Waals surface area contributed by atoms with Crippen molar-refractivity contribution in [2.75, 3.05) is 26.2 Å². The quantitative estimate of drug-likeness (QED) is 0.802. The number of likely N-dealkylation sites (tertiary alicyclic amines) is 1. The lowest BCUT2D eigenvalue weighted by Crippen LogP contribution is -2.34. The Bertz CT molecular complexity index is 608. The van der Waals surface area contributed by atoms with Crippen LogP contribution in [0.4, 0.5) is 0 Å². The van der Waals surface area contributed by atoms with E-state index in [1.807, 2.05) is 4.90 Å². The van der Waals surface area contributed by atoms with E-state index in [1.165, 1.54) is 0 Å². The average Bonchev–Trinajstić information content (AvgIpc) is 3.16. The van der Waals surface area contributed by atoms with Crippen LogP contribution in [-0.4, -0.2) is 68.6 Å². The fraction of sp³-hybridized carbons (Fsp3) is 0.467. The van der Waals surface area contributed by atoms with Gasteiger partial charge in [-0.1, -0.05) is 16.8 Å². The zero-order chi connectivity index (χ0) is 16.2. The van der Waals surface area contributed by atoms with Crippen LogP contribution < -0.4 is 4.74 Å². The first-order valence-corrected chi connectivity index (χ1v) is 7.82. The summed E-state index contributed by atoms with van der Waals surface area (Å²) in [5.74, 6) is 0.662. The molecule has 1 fully saturated rings. The maximum Gasteiger partial charge on any atom is 0.119 e. The van der Waals surface area contributed by atoms with Crippen molar-refractivity contribution in [1.29, 1.82) is 0 Å². The maximum atomic E-state index is 10.1. The van der Waals surface area contributed by atoms with Crippen molar-refractivity contribution < 1.29 is 14.9 Å². The van der Waals surface area contributed by atoms with E-state index in [9.17, 15) is 10.2 Å². The molecule has 0 amide bonds. The standard InChI is InChI=1S/C15H19ClN4O3/c16-11-1-3-13(4-2-11)23-10-12(21)7-19-8-14(15(22)9-19)20-6-5-17-18-20/h1-6,12,14-15,21-22H,7-10H2/t12?,14-,15-/m1/s1. The summed E-state index contributed by atoms with van der Waals surface area (Å²) in [7, 11) is 0. The first-order chi connectivity index (χ1) is 11.1. The zero-order valence-corrected chi connectivity index (χ0v) is 13.3. The molecule has 1 unspecified atom stereocenters. The SMILES string of the molecule is OC(COc1ccc(Cl)cc1)CN1C[C@@H](O)[C@H](n2ccnn2)C1. The van der Waals surface area contributed by atoms with Crippen molar-refractivity contribution in [2.45, 2.75) is 18.2 Å². The van der Waals surface area contributed by atoms with Crippen LogP contribution in [0.5, 0.6) is 5.75 Å². The third-order valence-electron chi connectivity index (χ3n) is 3.84. The Balaban J connectivity index is 1.47. The Labute approximate surface area is 139 Å². The number of aliphatic hydroxyl groups excluding tert-OH is 2. The highest BCUT2D eigenvalue weighted by Crippen LogP contribution is 2.21. The molecule has 0 saturated carbocycles. The molecular weight excluding hydrogens is 320 g/mol. The fourth-order valence-corrected chi connectivity index (χ4v) is 2.85. The highest BCUT2D eigenvalue weighted by Gasteiger charge is 2.33. The lowest BCUT2D eigenvalue weighted by Gasteiger charge is -2.20.